The molecule has 0 fully saturated rings. The molecular weight excluding hydrogens is 154 g/mol. The summed E-state index contributed by atoms with van der Waals surface area (Å²) in [5.74, 6) is 0. The first-order chi connectivity index (χ1) is 5.22. The Morgan fingerprint density at radius 1 is 1.27 bits per heavy atom. The average Bonchev–Trinajstić information content (AvgIpc) is 2.05. The van der Waals surface area contributed by atoms with Gasteiger partial charge in [0, 0.05) is 11.3 Å². The maximum absolute atomic E-state index is 5.69. The molecule has 60 valence electrons. The molecule has 0 amide bonds. The molecule has 2 N–H and O–H groups in total. The van der Waals surface area contributed by atoms with Gasteiger partial charge in [0.15, 0.2) is 0 Å². The molecule has 0 aliphatic rings. The molecule has 0 spiro atoms. The Kier molecular flexibility index (Phi) is 2.97. The number of benzene rings is 1. The van der Waals surface area contributed by atoms with Crippen molar-refractivity contribution in [3.63, 3.8) is 0 Å². The van der Waals surface area contributed by atoms with Crippen LogP contribution in [0.2, 0.25) is 0 Å². The van der Waals surface area contributed by atoms with Gasteiger partial charge in [-0.05, 0) is 12.5 Å². The summed E-state index contributed by atoms with van der Waals surface area (Å²) in [6.07, 6.45) is 0. The molecule has 1 aromatic carbocycles. The first kappa shape index (κ1) is 8.62. The van der Waals surface area contributed by atoms with Gasteiger partial charge in [-0.2, -0.15) is 12.6 Å². The van der Waals surface area contributed by atoms with E-state index in [0.29, 0.717) is 0 Å². The van der Waals surface area contributed by atoms with Crippen LogP contribution >= 0.6 is 12.6 Å². The van der Waals surface area contributed by atoms with E-state index >= 15 is 0 Å². The molecule has 11 heavy (non-hydrogen) atoms. The smallest absolute Gasteiger partial charge is 0.0415 e. The van der Waals surface area contributed by atoms with Crippen LogP contribution in [0.3, 0.4) is 0 Å². The molecule has 0 aromatic heterocycles. The van der Waals surface area contributed by atoms with Crippen LogP contribution < -0.4 is 5.73 Å². The number of nitrogens with two attached hydrogens (primary N) is 1. The third kappa shape index (κ3) is 2.24. The van der Waals surface area contributed by atoms with E-state index in [4.69, 9.17) is 5.73 Å². The standard InChI is InChI=1S/C9H13NS/c1-7(10)9(11)8-5-3-2-4-6-8/h2-7,9,11H,10H2,1H3/t7-,9+/m0/s1. The quantitative estimate of drug-likeness (QED) is 0.647. The lowest BCUT2D eigenvalue weighted by atomic mass is 10.1. The Labute approximate surface area is 73.0 Å². The molecule has 0 heterocycles. The van der Waals surface area contributed by atoms with Gasteiger partial charge in [-0.1, -0.05) is 30.3 Å². The lowest BCUT2D eigenvalue weighted by Crippen LogP contribution is -2.20. The first-order valence-corrected chi connectivity index (χ1v) is 4.22. The lowest BCUT2D eigenvalue weighted by Gasteiger charge is -2.14. The minimum Gasteiger partial charge on any atom is -0.327 e. The van der Waals surface area contributed by atoms with Crippen LogP contribution in [0.25, 0.3) is 0 Å². The fourth-order valence-corrected chi connectivity index (χ4v) is 1.13. The Morgan fingerprint density at radius 3 is 2.27 bits per heavy atom. The summed E-state index contributed by atoms with van der Waals surface area (Å²) in [4.78, 5) is 0. The SMILES string of the molecule is C[C@H](N)[C@@H](S)c1ccccc1. The van der Waals surface area contributed by atoms with Crippen molar-refractivity contribution in [3.8, 4) is 0 Å². The van der Waals surface area contributed by atoms with Crippen LogP contribution in [0.15, 0.2) is 30.3 Å². The van der Waals surface area contributed by atoms with Crippen LogP contribution in [0.1, 0.15) is 17.7 Å². The molecule has 0 aliphatic heterocycles. The second-order valence-electron chi connectivity index (χ2n) is 2.71. The van der Waals surface area contributed by atoms with Crippen LogP contribution in [0.4, 0.5) is 0 Å². The van der Waals surface area contributed by atoms with Gasteiger partial charge in [0.25, 0.3) is 0 Å². The summed E-state index contributed by atoms with van der Waals surface area (Å²) >= 11 is 4.39. The zero-order chi connectivity index (χ0) is 8.27. The van der Waals surface area contributed by atoms with E-state index in [2.05, 4.69) is 12.6 Å². The Balaban J connectivity index is 2.77. The number of rotatable bonds is 2. The number of hydrogen-bond donors (Lipinski definition) is 2. The molecule has 0 saturated carbocycles. The molecule has 2 heteroatoms. The van der Waals surface area contributed by atoms with E-state index in [1.807, 2.05) is 37.3 Å². The number of hydrogen-bond acceptors (Lipinski definition) is 2. The Hall–Kier alpha value is -0.470. The van der Waals surface area contributed by atoms with Gasteiger partial charge in [-0.15, -0.1) is 0 Å². The van der Waals surface area contributed by atoms with Crippen molar-refractivity contribution in [1.82, 2.24) is 0 Å². The molecule has 1 nitrogen and oxygen atoms in total. The van der Waals surface area contributed by atoms with E-state index in [-0.39, 0.29) is 11.3 Å². The second kappa shape index (κ2) is 3.79. The zero-order valence-electron chi connectivity index (χ0n) is 6.57. The predicted octanol–water partition coefficient (Wildman–Crippen LogP) is 2.00. The van der Waals surface area contributed by atoms with Crippen molar-refractivity contribution < 1.29 is 0 Å². The summed E-state index contributed by atoms with van der Waals surface area (Å²) in [5, 5.41) is 0.149. The van der Waals surface area contributed by atoms with Gasteiger partial charge in [0.05, 0.1) is 0 Å². The summed E-state index contributed by atoms with van der Waals surface area (Å²) < 4.78 is 0. The van der Waals surface area contributed by atoms with Crippen molar-refractivity contribution in [1.29, 1.82) is 0 Å². The molecule has 0 radical (unpaired) electrons. The summed E-state index contributed by atoms with van der Waals surface area (Å²) in [7, 11) is 0. The summed E-state index contributed by atoms with van der Waals surface area (Å²) in [6, 6.07) is 10.2. The molecule has 0 saturated heterocycles. The monoisotopic (exact) mass is 167 g/mol. The summed E-state index contributed by atoms with van der Waals surface area (Å²) in [6.45, 7) is 1.96. The van der Waals surface area contributed by atoms with Crippen LogP contribution in [-0.4, -0.2) is 6.04 Å². The van der Waals surface area contributed by atoms with Crippen LogP contribution in [0.5, 0.6) is 0 Å². The van der Waals surface area contributed by atoms with Crippen molar-refractivity contribution >= 4 is 12.6 Å². The second-order valence-corrected chi connectivity index (χ2v) is 3.27. The van der Waals surface area contributed by atoms with Crippen molar-refractivity contribution in [2.45, 2.75) is 18.2 Å². The molecule has 0 aliphatic carbocycles. The lowest BCUT2D eigenvalue weighted by molar-refractivity contribution is 0.725. The van der Waals surface area contributed by atoms with Gasteiger partial charge < -0.3 is 5.73 Å². The molecule has 2 atom stereocenters. The molecule has 0 unspecified atom stereocenters. The van der Waals surface area contributed by atoms with E-state index in [0.717, 1.165) is 0 Å². The minimum absolute atomic E-state index is 0.0979. The largest absolute Gasteiger partial charge is 0.327 e. The van der Waals surface area contributed by atoms with Crippen molar-refractivity contribution in [2.24, 2.45) is 5.73 Å². The topological polar surface area (TPSA) is 26.0 Å². The molecule has 0 bridgehead atoms. The number of thiol groups is 1. The van der Waals surface area contributed by atoms with Gasteiger partial charge in [-0.25, -0.2) is 0 Å². The van der Waals surface area contributed by atoms with Gasteiger partial charge in [0.2, 0.25) is 0 Å². The van der Waals surface area contributed by atoms with Crippen molar-refractivity contribution in [2.75, 3.05) is 0 Å². The molecular formula is C9H13NS. The zero-order valence-corrected chi connectivity index (χ0v) is 7.46. The fourth-order valence-electron chi connectivity index (χ4n) is 0.954. The predicted molar refractivity (Wildman–Crippen MR) is 51.8 cm³/mol. The first-order valence-electron chi connectivity index (χ1n) is 3.70. The minimum atomic E-state index is 0.0979. The van der Waals surface area contributed by atoms with E-state index in [1.165, 1.54) is 5.56 Å². The van der Waals surface area contributed by atoms with Crippen molar-refractivity contribution in [3.05, 3.63) is 35.9 Å². The highest BCUT2D eigenvalue weighted by Crippen LogP contribution is 2.21. The Bertz CT molecular complexity index is 208. The third-order valence-electron chi connectivity index (χ3n) is 1.64. The summed E-state index contributed by atoms with van der Waals surface area (Å²) in [5.41, 5.74) is 6.88. The van der Waals surface area contributed by atoms with Gasteiger partial charge in [-0.3, -0.25) is 0 Å². The van der Waals surface area contributed by atoms with Crippen LogP contribution in [-0.2, 0) is 0 Å². The maximum Gasteiger partial charge on any atom is 0.0415 e. The highest BCUT2D eigenvalue weighted by molar-refractivity contribution is 7.80. The van der Waals surface area contributed by atoms with Crippen LogP contribution in [0, 0.1) is 0 Å². The maximum atomic E-state index is 5.69. The van der Waals surface area contributed by atoms with E-state index in [1.54, 1.807) is 0 Å². The normalized spacial score (nSPS) is 15.9. The highest BCUT2D eigenvalue weighted by atomic mass is 32.1. The van der Waals surface area contributed by atoms with E-state index in [9.17, 15) is 0 Å². The van der Waals surface area contributed by atoms with Gasteiger partial charge in [0.1, 0.15) is 0 Å². The van der Waals surface area contributed by atoms with Gasteiger partial charge >= 0.3 is 0 Å². The van der Waals surface area contributed by atoms with E-state index < -0.39 is 0 Å². The highest BCUT2D eigenvalue weighted by Gasteiger charge is 2.09. The molecule has 1 rings (SSSR count). The average molecular weight is 167 g/mol. The fraction of sp³-hybridized carbons (Fsp3) is 0.333. The molecule has 1 aromatic rings. The third-order valence-corrected chi connectivity index (χ3v) is 2.41. The Morgan fingerprint density at radius 2 is 1.82 bits per heavy atom.